The van der Waals surface area contributed by atoms with E-state index in [9.17, 15) is 0 Å². The highest BCUT2D eigenvalue weighted by Crippen LogP contribution is 2.25. The highest BCUT2D eigenvalue weighted by Gasteiger charge is 2.26. The molecule has 0 amide bonds. The zero-order chi connectivity index (χ0) is 31.8. The van der Waals surface area contributed by atoms with Crippen LogP contribution in [0.3, 0.4) is 0 Å². The van der Waals surface area contributed by atoms with Gasteiger partial charge in [0.05, 0.1) is 0 Å². The Hall–Kier alpha value is -0.660. The Labute approximate surface area is 280 Å². The zero-order valence-electron chi connectivity index (χ0n) is 31.2. The number of hydrogen-bond acceptors (Lipinski definition) is 2. The van der Waals surface area contributed by atoms with Gasteiger partial charge in [-0.25, -0.2) is 0 Å². The van der Waals surface area contributed by atoms with Crippen LogP contribution >= 0.6 is 0 Å². The van der Waals surface area contributed by atoms with Crippen molar-refractivity contribution < 1.29 is 0 Å². The standard InChI is InChI=1S/C42H84N2/c1-5-7-9-11-13-15-17-19-21-22-24-26-28-30-32-34-36-38-43-39-40-44(41(3)4)42(43)37-35-33-31-29-27-25-23-20-18-16-14-12-10-8-6-2/h39-42H,5-38H2,1-4H3. The molecule has 1 heterocycles. The molecule has 44 heavy (non-hydrogen) atoms. The van der Waals surface area contributed by atoms with Crippen LogP contribution in [0.1, 0.15) is 240 Å². The average Bonchev–Trinajstić information content (AvgIpc) is 3.43. The first-order valence-corrected chi connectivity index (χ1v) is 20.9. The van der Waals surface area contributed by atoms with E-state index in [4.69, 9.17) is 0 Å². The summed E-state index contributed by atoms with van der Waals surface area (Å²) in [4.78, 5) is 5.30. The lowest BCUT2D eigenvalue weighted by molar-refractivity contribution is 0.114. The minimum absolute atomic E-state index is 0.605. The molecule has 0 N–H and O–H groups in total. The van der Waals surface area contributed by atoms with Crippen LogP contribution in [0.5, 0.6) is 0 Å². The van der Waals surface area contributed by atoms with Gasteiger partial charge in [0.15, 0.2) is 0 Å². The molecule has 0 saturated carbocycles. The quantitative estimate of drug-likeness (QED) is 0.0654. The molecule has 0 fully saturated rings. The first-order valence-electron chi connectivity index (χ1n) is 20.9. The summed E-state index contributed by atoms with van der Waals surface area (Å²) in [5.74, 6) is 0. The lowest BCUT2D eigenvalue weighted by Gasteiger charge is -2.35. The van der Waals surface area contributed by atoms with E-state index in [-0.39, 0.29) is 0 Å². The number of nitrogens with zero attached hydrogens (tertiary/aromatic N) is 2. The fourth-order valence-corrected chi connectivity index (χ4v) is 7.30. The molecule has 2 nitrogen and oxygen atoms in total. The Morgan fingerprint density at radius 2 is 0.682 bits per heavy atom. The second kappa shape index (κ2) is 32.3. The molecule has 2 heteroatoms. The molecule has 0 aliphatic carbocycles. The lowest BCUT2D eigenvalue weighted by Crippen LogP contribution is -2.42. The zero-order valence-corrected chi connectivity index (χ0v) is 31.2. The van der Waals surface area contributed by atoms with Crippen molar-refractivity contribution in [3.8, 4) is 0 Å². The van der Waals surface area contributed by atoms with E-state index in [2.05, 4.69) is 49.9 Å². The van der Waals surface area contributed by atoms with Gasteiger partial charge in [-0.1, -0.05) is 206 Å². The van der Waals surface area contributed by atoms with Crippen molar-refractivity contribution >= 4 is 0 Å². The van der Waals surface area contributed by atoms with E-state index < -0.39 is 0 Å². The van der Waals surface area contributed by atoms with Gasteiger partial charge < -0.3 is 9.80 Å². The predicted octanol–water partition coefficient (Wildman–Crippen LogP) is 14.7. The van der Waals surface area contributed by atoms with Gasteiger partial charge in [-0.15, -0.1) is 0 Å². The summed E-state index contributed by atoms with van der Waals surface area (Å²) >= 11 is 0. The van der Waals surface area contributed by atoms with Crippen LogP contribution in [-0.2, 0) is 0 Å². The third-order valence-corrected chi connectivity index (χ3v) is 10.3. The Bertz CT molecular complexity index is 584. The highest BCUT2D eigenvalue weighted by atomic mass is 15.4. The second-order valence-corrected chi connectivity index (χ2v) is 15.0. The molecule has 0 spiro atoms. The molecular weight excluding hydrogens is 532 g/mol. The summed E-state index contributed by atoms with van der Waals surface area (Å²) in [5.41, 5.74) is 0. The van der Waals surface area contributed by atoms with Crippen molar-refractivity contribution in [2.24, 2.45) is 0 Å². The van der Waals surface area contributed by atoms with Crippen LogP contribution in [0.15, 0.2) is 12.4 Å². The molecule has 0 radical (unpaired) electrons. The van der Waals surface area contributed by atoms with Gasteiger partial charge in [-0.2, -0.15) is 0 Å². The van der Waals surface area contributed by atoms with E-state index in [0.29, 0.717) is 12.2 Å². The van der Waals surface area contributed by atoms with E-state index in [1.807, 2.05) is 0 Å². The summed E-state index contributed by atoms with van der Waals surface area (Å²) in [6, 6.07) is 0.605. The number of hydrogen-bond donors (Lipinski definition) is 0. The third-order valence-electron chi connectivity index (χ3n) is 10.3. The van der Waals surface area contributed by atoms with Gasteiger partial charge in [0.25, 0.3) is 0 Å². The highest BCUT2D eigenvalue weighted by molar-refractivity contribution is 4.98. The molecular formula is C42H84N2. The van der Waals surface area contributed by atoms with Crippen molar-refractivity contribution in [2.75, 3.05) is 6.54 Å². The molecule has 0 aromatic carbocycles. The lowest BCUT2D eigenvalue weighted by atomic mass is 10.0. The fraction of sp³-hybridized carbons (Fsp3) is 0.952. The maximum Gasteiger partial charge on any atom is 0.101 e. The maximum atomic E-state index is 2.68. The molecule has 0 aromatic rings. The van der Waals surface area contributed by atoms with E-state index in [0.717, 1.165) is 0 Å². The van der Waals surface area contributed by atoms with Crippen molar-refractivity contribution in [3.63, 3.8) is 0 Å². The molecule has 1 aliphatic heterocycles. The largest absolute Gasteiger partial charge is 0.356 e. The normalized spacial score (nSPS) is 15.0. The first-order chi connectivity index (χ1) is 21.7. The van der Waals surface area contributed by atoms with Crippen LogP contribution in [0.2, 0.25) is 0 Å². The van der Waals surface area contributed by atoms with Crippen molar-refractivity contribution in [3.05, 3.63) is 12.4 Å². The summed E-state index contributed by atoms with van der Waals surface area (Å²) in [6.07, 6.45) is 53.2. The minimum Gasteiger partial charge on any atom is -0.356 e. The van der Waals surface area contributed by atoms with Crippen LogP contribution in [-0.4, -0.2) is 28.6 Å². The number of unbranched alkanes of at least 4 members (excludes halogenated alkanes) is 30. The van der Waals surface area contributed by atoms with Crippen LogP contribution in [0, 0.1) is 0 Å². The number of rotatable bonds is 35. The second-order valence-electron chi connectivity index (χ2n) is 15.0. The fourth-order valence-electron chi connectivity index (χ4n) is 7.30. The SMILES string of the molecule is CCCCCCCCCCCCCCCCCCCN1C=CN(C(C)C)C1CCCCCCCCCCCCCCCCC. The summed E-state index contributed by atoms with van der Waals surface area (Å²) < 4.78 is 0. The Morgan fingerprint density at radius 3 is 1.00 bits per heavy atom. The molecule has 1 atom stereocenters. The van der Waals surface area contributed by atoms with Gasteiger partial charge in [-0.3, -0.25) is 0 Å². The van der Waals surface area contributed by atoms with Gasteiger partial charge in [-0.05, 0) is 33.1 Å². The van der Waals surface area contributed by atoms with Gasteiger partial charge in [0, 0.05) is 25.0 Å². The monoisotopic (exact) mass is 617 g/mol. The van der Waals surface area contributed by atoms with E-state index >= 15 is 0 Å². The van der Waals surface area contributed by atoms with Crippen LogP contribution in [0.4, 0.5) is 0 Å². The van der Waals surface area contributed by atoms with Crippen LogP contribution < -0.4 is 0 Å². The molecule has 1 aliphatic rings. The maximum absolute atomic E-state index is 2.68. The first kappa shape index (κ1) is 41.4. The molecule has 0 bridgehead atoms. The van der Waals surface area contributed by atoms with Crippen LogP contribution in [0.25, 0.3) is 0 Å². The summed E-state index contributed by atoms with van der Waals surface area (Å²) in [7, 11) is 0. The molecule has 262 valence electrons. The van der Waals surface area contributed by atoms with E-state index in [1.54, 1.807) is 0 Å². The molecule has 0 saturated heterocycles. The minimum atomic E-state index is 0.605. The van der Waals surface area contributed by atoms with E-state index in [1.165, 1.54) is 218 Å². The van der Waals surface area contributed by atoms with Crippen molar-refractivity contribution in [1.29, 1.82) is 0 Å². The topological polar surface area (TPSA) is 6.48 Å². The van der Waals surface area contributed by atoms with Crippen molar-refractivity contribution in [2.45, 2.75) is 252 Å². The Balaban J connectivity index is 1.95. The van der Waals surface area contributed by atoms with Gasteiger partial charge >= 0.3 is 0 Å². The third kappa shape index (κ3) is 24.6. The Morgan fingerprint density at radius 1 is 0.386 bits per heavy atom. The average molecular weight is 617 g/mol. The molecule has 0 aromatic heterocycles. The summed E-state index contributed by atoms with van der Waals surface area (Å²) in [5, 5.41) is 0. The molecule has 1 unspecified atom stereocenters. The van der Waals surface area contributed by atoms with Gasteiger partial charge in [0.1, 0.15) is 6.17 Å². The van der Waals surface area contributed by atoms with Gasteiger partial charge in [0.2, 0.25) is 0 Å². The molecule has 1 rings (SSSR count). The van der Waals surface area contributed by atoms with Crippen molar-refractivity contribution in [1.82, 2.24) is 9.80 Å². The smallest absolute Gasteiger partial charge is 0.101 e. The Kier molecular flexibility index (Phi) is 30.4. The summed E-state index contributed by atoms with van der Waals surface area (Å²) in [6.45, 7) is 10.6. The predicted molar refractivity (Wildman–Crippen MR) is 200 cm³/mol.